The van der Waals surface area contributed by atoms with E-state index >= 15 is 0 Å². The van der Waals surface area contributed by atoms with Crippen molar-refractivity contribution in [1.29, 1.82) is 0 Å². The number of nitrogens with one attached hydrogen (secondary N) is 1. The number of hydrogen-bond donors (Lipinski definition) is 2. The highest BCUT2D eigenvalue weighted by Gasteiger charge is 2.34. The molecule has 1 aromatic carbocycles. The third-order valence-corrected chi connectivity index (χ3v) is 3.74. The molecule has 7 heteroatoms. The van der Waals surface area contributed by atoms with Gasteiger partial charge in [0, 0.05) is 30.2 Å². The smallest absolute Gasteiger partial charge is 0.326 e. The van der Waals surface area contributed by atoms with Crippen molar-refractivity contribution in [2.45, 2.75) is 18.9 Å². The Bertz CT molecular complexity index is 720. The topological polar surface area (TPSA) is 95.4 Å². The molecule has 1 aromatic heterocycles. The zero-order valence-electron chi connectivity index (χ0n) is 12.3. The first-order valence-corrected chi connectivity index (χ1v) is 7.32. The van der Waals surface area contributed by atoms with Crippen molar-refractivity contribution in [2.75, 3.05) is 11.9 Å². The molecule has 2 N–H and O–H groups in total. The number of nitrogens with zero attached hydrogens (tertiary/aromatic N) is 3. The van der Waals surface area contributed by atoms with Crippen LogP contribution < -0.4 is 5.32 Å². The van der Waals surface area contributed by atoms with E-state index in [1.54, 1.807) is 36.8 Å². The Balaban J connectivity index is 1.79. The number of hydrogen-bond acceptors (Lipinski definition) is 5. The third-order valence-electron chi connectivity index (χ3n) is 3.74. The molecule has 0 aliphatic carbocycles. The predicted octanol–water partition coefficient (Wildman–Crippen LogP) is 1.91. The van der Waals surface area contributed by atoms with Gasteiger partial charge >= 0.3 is 5.97 Å². The van der Waals surface area contributed by atoms with E-state index in [1.165, 1.54) is 4.90 Å². The highest BCUT2D eigenvalue weighted by molar-refractivity contribution is 5.97. The molecule has 7 nitrogen and oxygen atoms in total. The maximum absolute atomic E-state index is 12.6. The van der Waals surface area contributed by atoms with Gasteiger partial charge in [0.1, 0.15) is 11.9 Å². The number of rotatable bonds is 4. The number of carbonyl (C=O) groups is 2. The van der Waals surface area contributed by atoms with Gasteiger partial charge in [-0.3, -0.25) is 9.78 Å². The minimum atomic E-state index is -0.954. The summed E-state index contributed by atoms with van der Waals surface area (Å²) < 4.78 is 0. The number of aromatic nitrogens is 2. The van der Waals surface area contributed by atoms with Crippen LogP contribution in [0.1, 0.15) is 23.2 Å². The van der Waals surface area contributed by atoms with Crippen LogP contribution in [0.2, 0.25) is 0 Å². The molecule has 0 spiro atoms. The third kappa shape index (κ3) is 3.28. The van der Waals surface area contributed by atoms with Crippen LogP contribution >= 0.6 is 0 Å². The molecule has 0 saturated carbocycles. The minimum absolute atomic E-state index is 0.266. The van der Waals surface area contributed by atoms with E-state index in [-0.39, 0.29) is 5.91 Å². The zero-order valence-corrected chi connectivity index (χ0v) is 12.3. The molecular weight excluding hydrogens is 296 g/mol. The first-order chi connectivity index (χ1) is 11.1. The van der Waals surface area contributed by atoms with E-state index in [9.17, 15) is 14.7 Å². The minimum Gasteiger partial charge on any atom is -0.480 e. The van der Waals surface area contributed by atoms with Crippen molar-refractivity contribution in [3.05, 3.63) is 48.4 Å². The van der Waals surface area contributed by atoms with Gasteiger partial charge in [-0.05, 0) is 31.0 Å². The maximum Gasteiger partial charge on any atom is 0.326 e. The lowest BCUT2D eigenvalue weighted by atomic mass is 10.1. The molecule has 1 amide bonds. The highest BCUT2D eigenvalue weighted by atomic mass is 16.4. The standard InChI is InChI=1S/C16H16N4O3/c21-15(20-8-2-5-13(20)16(22)23)11-3-1-4-12(9-11)19-14-10-17-6-7-18-14/h1,3-4,6-7,9-10,13H,2,5,8H2,(H,18,19)(H,22,23). The molecule has 1 saturated heterocycles. The fourth-order valence-electron chi connectivity index (χ4n) is 2.67. The number of benzene rings is 1. The van der Waals surface area contributed by atoms with Crippen molar-refractivity contribution in [1.82, 2.24) is 14.9 Å². The molecule has 1 fully saturated rings. The van der Waals surface area contributed by atoms with E-state index in [4.69, 9.17) is 0 Å². The van der Waals surface area contributed by atoms with Crippen LogP contribution in [0.4, 0.5) is 11.5 Å². The first kappa shape index (κ1) is 15.0. The Kier molecular flexibility index (Phi) is 4.18. The Labute approximate surface area is 133 Å². The number of aliphatic carboxylic acids is 1. The first-order valence-electron chi connectivity index (χ1n) is 7.32. The summed E-state index contributed by atoms with van der Waals surface area (Å²) in [7, 11) is 0. The highest BCUT2D eigenvalue weighted by Crippen LogP contribution is 2.22. The van der Waals surface area contributed by atoms with Crippen LogP contribution in [-0.4, -0.2) is 44.4 Å². The molecule has 2 aromatic rings. The second kappa shape index (κ2) is 6.43. The fraction of sp³-hybridized carbons (Fsp3) is 0.250. The van der Waals surface area contributed by atoms with Crippen LogP contribution in [0, 0.1) is 0 Å². The van der Waals surface area contributed by atoms with E-state index in [1.807, 2.05) is 6.07 Å². The number of carboxylic acid groups (broad SMARTS) is 1. The summed E-state index contributed by atoms with van der Waals surface area (Å²) in [5.41, 5.74) is 1.15. The van der Waals surface area contributed by atoms with Crippen molar-refractivity contribution in [3.63, 3.8) is 0 Å². The van der Waals surface area contributed by atoms with Crippen LogP contribution in [0.3, 0.4) is 0 Å². The Morgan fingerprint density at radius 3 is 2.91 bits per heavy atom. The fourth-order valence-corrected chi connectivity index (χ4v) is 2.67. The van der Waals surface area contributed by atoms with E-state index in [0.29, 0.717) is 36.5 Å². The second-order valence-electron chi connectivity index (χ2n) is 5.29. The van der Waals surface area contributed by atoms with Crippen molar-refractivity contribution < 1.29 is 14.7 Å². The van der Waals surface area contributed by atoms with Gasteiger partial charge < -0.3 is 15.3 Å². The summed E-state index contributed by atoms with van der Waals surface area (Å²) in [6.07, 6.45) is 5.93. The molecule has 1 atom stereocenters. The monoisotopic (exact) mass is 312 g/mol. The molecule has 118 valence electrons. The number of anilines is 2. The molecule has 0 bridgehead atoms. The molecule has 3 rings (SSSR count). The van der Waals surface area contributed by atoms with Crippen molar-refractivity contribution in [3.8, 4) is 0 Å². The summed E-state index contributed by atoms with van der Waals surface area (Å²) in [5.74, 6) is -0.649. The number of carbonyl (C=O) groups excluding carboxylic acids is 1. The van der Waals surface area contributed by atoms with Crippen LogP contribution in [-0.2, 0) is 4.79 Å². The maximum atomic E-state index is 12.6. The average Bonchev–Trinajstić information content (AvgIpc) is 3.05. The number of carboxylic acids is 1. The number of amides is 1. The molecule has 0 radical (unpaired) electrons. The van der Waals surface area contributed by atoms with Gasteiger partial charge in [-0.1, -0.05) is 6.07 Å². The summed E-state index contributed by atoms with van der Waals surface area (Å²) in [4.78, 5) is 33.3. The van der Waals surface area contributed by atoms with Gasteiger partial charge in [-0.25, -0.2) is 9.78 Å². The van der Waals surface area contributed by atoms with Gasteiger partial charge in [0.05, 0.1) is 6.20 Å². The Morgan fingerprint density at radius 2 is 2.17 bits per heavy atom. The largest absolute Gasteiger partial charge is 0.480 e. The predicted molar refractivity (Wildman–Crippen MR) is 83.5 cm³/mol. The zero-order chi connectivity index (χ0) is 16.2. The van der Waals surface area contributed by atoms with Gasteiger partial charge in [0.25, 0.3) is 5.91 Å². The Hall–Kier alpha value is -2.96. The molecule has 2 heterocycles. The summed E-state index contributed by atoms with van der Waals surface area (Å²) in [6, 6.07) is 6.19. The van der Waals surface area contributed by atoms with Crippen molar-refractivity contribution in [2.24, 2.45) is 0 Å². The molecular formula is C16H16N4O3. The van der Waals surface area contributed by atoms with Gasteiger partial charge in [0.2, 0.25) is 0 Å². The van der Waals surface area contributed by atoms with E-state index in [2.05, 4.69) is 15.3 Å². The average molecular weight is 312 g/mol. The molecule has 1 aliphatic rings. The summed E-state index contributed by atoms with van der Waals surface area (Å²) in [6.45, 7) is 0.470. The SMILES string of the molecule is O=C(O)C1CCCN1C(=O)c1cccc(Nc2cnccn2)c1. The van der Waals surface area contributed by atoms with Crippen LogP contribution in [0.5, 0.6) is 0 Å². The number of likely N-dealkylation sites (tertiary alicyclic amines) is 1. The molecule has 1 unspecified atom stereocenters. The quantitative estimate of drug-likeness (QED) is 0.895. The van der Waals surface area contributed by atoms with Crippen molar-refractivity contribution >= 4 is 23.4 Å². The molecule has 1 aliphatic heterocycles. The van der Waals surface area contributed by atoms with E-state index in [0.717, 1.165) is 0 Å². The van der Waals surface area contributed by atoms with Crippen LogP contribution in [0.25, 0.3) is 0 Å². The van der Waals surface area contributed by atoms with Gasteiger partial charge in [0.15, 0.2) is 0 Å². The second-order valence-corrected chi connectivity index (χ2v) is 5.29. The summed E-state index contributed by atoms with van der Waals surface area (Å²) >= 11 is 0. The molecule has 23 heavy (non-hydrogen) atoms. The van der Waals surface area contributed by atoms with Crippen LogP contribution in [0.15, 0.2) is 42.9 Å². The van der Waals surface area contributed by atoms with Gasteiger partial charge in [-0.2, -0.15) is 0 Å². The van der Waals surface area contributed by atoms with E-state index < -0.39 is 12.0 Å². The normalized spacial score (nSPS) is 17.0. The lowest BCUT2D eigenvalue weighted by Gasteiger charge is -2.21. The van der Waals surface area contributed by atoms with Gasteiger partial charge in [-0.15, -0.1) is 0 Å². The lowest BCUT2D eigenvalue weighted by Crippen LogP contribution is -2.40. The Morgan fingerprint density at radius 1 is 1.30 bits per heavy atom. The lowest BCUT2D eigenvalue weighted by molar-refractivity contribution is -0.141. The summed E-state index contributed by atoms with van der Waals surface area (Å²) in [5, 5.41) is 12.3.